The predicted octanol–water partition coefficient (Wildman–Crippen LogP) is 2.75. The van der Waals surface area contributed by atoms with Crippen molar-refractivity contribution in [2.45, 2.75) is 63.8 Å². The number of hydrogen-bond donors (Lipinski definition) is 4. The van der Waals surface area contributed by atoms with Crippen molar-refractivity contribution >= 4 is 11.8 Å². The van der Waals surface area contributed by atoms with Gasteiger partial charge in [0.1, 0.15) is 11.9 Å². The number of nitrogens with zero attached hydrogens (tertiary/aromatic N) is 1. The summed E-state index contributed by atoms with van der Waals surface area (Å²) >= 11 is 0. The minimum Gasteiger partial charge on any atom is -0.480 e. The maximum atomic E-state index is 10.7. The number of aliphatic carboxylic acids is 1. The monoisotopic (exact) mass is 321 g/mol. The zero-order valence-electron chi connectivity index (χ0n) is 13.6. The van der Waals surface area contributed by atoms with Crippen LogP contribution in [0.5, 0.6) is 0 Å². The van der Waals surface area contributed by atoms with E-state index in [2.05, 4.69) is 22.4 Å². The molecule has 0 aliphatic carbocycles. The van der Waals surface area contributed by atoms with Crippen molar-refractivity contribution in [3.63, 3.8) is 0 Å². The number of aryl methyl sites for hydroxylation is 2. The molecular weight excluding hydrogens is 294 g/mol. The van der Waals surface area contributed by atoms with Crippen LogP contribution < -0.4 is 10.8 Å². The Hall–Kier alpha value is -1.66. The third-order valence-corrected chi connectivity index (χ3v) is 4.33. The number of hydrogen-bond acceptors (Lipinski definition) is 5. The molecule has 1 unspecified atom stereocenters. The van der Waals surface area contributed by atoms with E-state index < -0.39 is 12.0 Å². The molecule has 0 saturated heterocycles. The molecule has 0 spiro atoms. The van der Waals surface area contributed by atoms with Crippen LogP contribution in [-0.4, -0.2) is 33.9 Å². The van der Waals surface area contributed by atoms with Crippen LogP contribution in [0.25, 0.3) is 0 Å². The lowest BCUT2D eigenvalue weighted by Crippen LogP contribution is -2.34. The van der Waals surface area contributed by atoms with Crippen LogP contribution in [0, 0.1) is 0 Å². The van der Waals surface area contributed by atoms with Crippen molar-refractivity contribution in [3.8, 4) is 0 Å². The molecule has 4 N–H and O–H groups in total. The lowest BCUT2D eigenvalue weighted by Gasteiger charge is -2.17. The van der Waals surface area contributed by atoms with Crippen molar-refractivity contribution in [1.82, 2.24) is 10.5 Å². The molecule has 0 aromatic carbocycles. The molecule has 1 atom stereocenters. The highest BCUT2D eigenvalue weighted by atomic mass is 16.5. The van der Waals surface area contributed by atoms with Gasteiger partial charge in [-0.1, -0.05) is 31.7 Å². The summed E-state index contributed by atoms with van der Waals surface area (Å²) in [6.07, 6.45) is 8.87. The number of hydroxylamine groups is 1. The number of rotatable bonds is 10. The second-order valence-corrected chi connectivity index (χ2v) is 6.17. The number of fused-ring (bicyclic) bond motifs is 1. The van der Waals surface area contributed by atoms with Crippen LogP contribution >= 0.6 is 0 Å². The fraction of sp³-hybridized carbons (Fsp3) is 0.647. The molecule has 0 fully saturated rings. The molecule has 6 nitrogen and oxygen atoms in total. The second kappa shape index (κ2) is 9.47. The lowest BCUT2D eigenvalue weighted by atomic mass is 10.0. The normalized spacial score (nSPS) is 14.8. The van der Waals surface area contributed by atoms with Crippen molar-refractivity contribution < 1.29 is 15.1 Å². The SMILES string of the molecule is O=C(O)C(CCCCCCCc1ccc2c(n1)NCCC2)NO. The number of pyridine rings is 1. The van der Waals surface area contributed by atoms with Crippen LogP contribution in [0.4, 0.5) is 5.82 Å². The number of carboxylic acids is 1. The van der Waals surface area contributed by atoms with E-state index in [1.165, 1.54) is 12.0 Å². The smallest absolute Gasteiger partial charge is 0.323 e. The van der Waals surface area contributed by atoms with Crippen molar-refractivity contribution in [1.29, 1.82) is 0 Å². The van der Waals surface area contributed by atoms with Crippen LogP contribution in [0.2, 0.25) is 0 Å². The summed E-state index contributed by atoms with van der Waals surface area (Å²) in [5.74, 6) is 0.0598. The molecular formula is C17H27N3O3. The van der Waals surface area contributed by atoms with E-state index in [4.69, 9.17) is 10.3 Å². The summed E-state index contributed by atoms with van der Waals surface area (Å²) in [6, 6.07) is 3.48. The third kappa shape index (κ3) is 5.80. The Bertz CT molecular complexity index is 508. The quantitative estimate of drug-likeness (QED) is 0.391. The highest BCUT2D eigenvalue weighted by Gasteiger charge is 2.14. The van der Waals surface area contributed by atoms with Crippen LogP contribution in [0.3, 0.4) is 0 Å². The number of nitrogens with one attached hydrogen (secondary N) is 2. The van der Waals surface area contributed by atoms with Gasteiger partial charge in [0.25, 0.3) is 0 Å². The molecule has 1 aromatic rings. The average Bonchev–Trinajstić information content (AvgIpc) is 2.57. The number of aromatic nitrogens is 1. The zero-order valence-corrected chi connectivity index (χ0v) is 13.6. The molecule has 1 aliphatic rings. The Balaban J connectivity index is 1.58. The van der Waals surface area contributed by atoms with E-state index in [-0.39, 0.29) is 0 Å². The van der Waals surface area contributed by atoms with Crippen LogP contribution in [0.15, 0.2) is 12.1 Å². The molecule has 0 amide bonds. The first kappa shape index (κ1) is 17.7. The van der Waals surface area contributed by atoms with E-state index >= 15 is 0 Å². The Morgan fingerprint density at radius 2 is 2.04 bits per heavy atom. The van der Waals surface area contributed by atoms with Gasteiger partial charge >= 0.3 is 5.97 Å². The van der Waals surface area contributed by atoms with E-state index in [0.29, 0.717) is 6.42 Å². The summed E-state index contributed by atoms with van der Waals surface area (Å²) in [6.45, 7) is 1.02. The Kier molecular flexibility index (Phi) is 7.29. The summed E-state index contributed by atoms with van der Waals surface area (Å²) in [5, 5.41) is 20.9. The van der Waals surface area contributed by atoms with Crippen molar-refractivity contribution in [2.75, 3.05) is 11.9 Å². The van der Waals surface area contributed by atoms with Gasteiger partial charge in [-0.15, -0.1) is 0 Å². The number of carboxylic acid groups (broad SMARTS) is 1. The first-order valence-electron chi connectivity index (χ1n) is 8.56. The van der Waals surface area contributed by atoms with Gasteiger partial charge in [0.15, 0.2) is 0 Å². The summed E-state index contributed by atoms with van der Waals surface area (Å²) in [4.78, 5) is 15.4. The zero-order chi connectivity index (χ0) is 16.5. The van der Waals surface area contributed by atoms with Gasteiger partial charge in [-0.05, 0) is 43.7 Å². The number of anilines is 1. The topological polar surface area (TPSA) is 94.5 Å². The van der Waals surface area contributed by atoms with Crippen molar-refractivity contribution in [2.24, 2.45) is 0 Å². The van der Waals surface area contributed by atoms with Gasteiger partial charge in [0.05, 0.1) is 0 Å². The minimum atomic E-state index is -1.00. The van der Waals surface area contributed by atoms with E-state index in [0.717, 1.165) is 63.0 Å². The molecule has 0 saturated carbocycles. The molecule has 23 heavy (non-hydrogen) atoms. The molecule has 1 aliphatic heterocycles. The minimum absolute atomic E-state index is 0.462. The average molecular weight is 321 g/mol. The van der Waals surface area contributed by atoms with E-state index in [1.54, 1.807) is 0 Å². The van der Waals surface area contributed by atoms with Gasteiger partial charge in [-0.25, -0.2) is 4.98 Å². The highest BCUT2D eigenvalue weighted by molar-refractivity contribution is 5.73. The predicted molar refractivity (Wildman–Crippen MR) is 88.8 cm³/mol. The second-order valence-electron chi connectivity index (χ2n) is 6.17. The molecule has 2 rings (SSSR count). The standard InChI is InChI=1S/C17H27N3O3/c21-17(22)15(20-23)9-5-3-1-2-4-8-14-11-10-13-7-6-12-18-16(13)19-14/h10-11,15,20,23H,1-9,12H2,(H,18,19)(H,21,22). The molecule has 128 valence electrons. The first-order valence-corrected chi connectivity index (χ1v) is 8.56. The van der Waals surface area contributed by atoms with Gasteiger partial charge in [0.2, 0.25) is 0 Å². The maximum absolute atomic E-state index is 10.7. The summed E-state index contributed by atoms with van der Waals surface area (Å²) < 4.78 is 0. The molecule has 1 aromatic heterocycles. The van der Waals surface area contributed by atoms with E-state index in [1.807, 2.05) is 5.48 Å². The maximum Gasteiger partial charge on any atom is 0.323 e. The molecule has 0 bridgehead atoms. The number of unbranched alkanes of at least 4 members (excludes halogenated alkanes) is 4. The first-order chi connectivity index (χ1) is 11.2. The Morgan fingerprint density at radius 3 is 2.83 bits per heavy atom. The summed E-state index contributed by atoms with van der Waals surface area (Å²) in [5.41, 5.74) is 4.31. The highest BCUT2D eigenvalue weighted by Crippen LogP contribution is 2.20. The Morgan fingerprint density at radius 1 is 1.26 bits per heavy atom. The van der Waals surface area contributed by atoms with E-state index in [9.17, 15) is 4.79 Å². The lowest BCUT2D eigenvalue weighted by molar-refractivity contribution is -0.142. The molecule has 0 radical (unpaired) electrons. The van der Waals surface area contributed by atoms with Crippen molar-refractivity contribution in [3.05, 3.63) is 23.4 Å². The fourth-order valence-electron chi connectivity index (χ4n) is 2.94. The summed E-state index contributed by atoms with van der Waals surface area (Å²) in [7, 11) is 0. The van der Waals surface area contributed by atoms with Crippen LogP contribution in [0.1, 0.15) is 56.2 Å². The fourth-order valence-corrected chi connectivity index (χ4v) is 2.94. The van der Waals surface area contributed by atoms with Gasteiger partial charge in [-0.3, -0.25) is 4.79 Å². The molecule has 6 heteroatoms. The third-order valence-electron chi connectivity index (χ3n) is 4.33. The van der Waals surface area contributed by atoms with Gasteiger partial charge in [-0.2, -0.15) is 5.48 Å². The largest absolute Gasteiger partial charge is 0.480 e. The Labute approximate surface area is 137 Å². The molecule has 2 heterocycles. The van der Waals surface area contributed by atoms with Gasteiger partial charge < -0.3 is 15.6 Å². The van der Waals surface area contributed by atoms with Gasteiger partial charge in [0, 0.05) is 12.2 Å². The van der Waals surface area contributed by atoms with Crippen LogP contribution in [-0.2, 0) is 17.6 Å². The number of carbonyl (C=O) groups is 1.